The Hall–Kier alpha value is -4.09. The average Bonchev–Trinajstić information content (AvgIpc) is 2.96. The highest BCUT2D eigenvalue weighted by Crippen LogP contribution is 2.32. The SMILES string of the molecule is CC1CC(c2ccc(C#N)cc2)CCN1.CC1CC(c2ccc(C#N)cc2)CCN1C(=O)OC(C)(C)C.O=C(O)C(F)(F)F. The Balaban J connectivity index is 0.000000264. The normalized spacial score (nSPS) is 21.6. The molecule has 4 unspecified atom stereocenters. The Morgan fingerprint density at radius 2 is 1.34 bits per heavy atom. The topological polar surface area (TPSA) is 126 Å². The zero-order valence-electron chi connectivity index (χ0n) is 25.8. The van der Waals surface area contributed by atoms with Gasteiger partial charge in [0, 0.05) is 18.6 Å². The van der Waals surface area contributed by atoms with Crippen LogP contribution in [0.25, 0.3) is 0 Å². The molecule has 0 saturated carbocycles. The van der Waals surface area contributed by atoms with E-state index in [0.717, 1.165) is 24.9 Å². The summed E-state index contributed by atoms with van der Waals surface area (Å²) < 4.78 is 37.2. The maximum atomic E-state index is 12.2. The molecule has 0 aliphatic carbocycles. The molecule has 4 rings (SSSR count). The summed E-state index contributed by atoms with van der Waals surface area (Å²) in [4.78, 5) is 22.9. The van der Waals surface area contributed by atoms with E-state index >= 15 is 0 Å². The average molecular weight is 615 g/mol. The highest BCUT2D eigenvalue weighted by Gasteiger charge is 2.38. The number of hydrogen-bond acceptors (Lipinski definition) is 6. The van der Waals surface area contributed by atoms with E-state index in [1.807, 2.05) is 62.1 Å². The molecule has 1 amide bonds. The van der Waals surface area contributed by atoms with Crippen LogP contribution in [0.1, 0.15) is 94.4 Å². The van der Waals surface area contributed by atoms with Crippen LogP contribution in [-0.2, 0) is 9.53 Å². The van der Waals surface area contributed by atoms with E-state index < -0.39 is 17.7 Å². The van der Waals surface area contributed by atoms with Crippen molar-refractivity contribution in [1.82, 2.24) is 10.2 Å². The molecule has 2 aromatic rings. The number of likely N-dealkylation sites (tertiary alicyclic amines) is 1. The number of carbonyl (C=O) groups excluding carboxylic acids is 1. The number of nitrogens with zero attached hydrogens (tertiary/aromatic N) is 3. The van der Waals surface area contributed by atoms with Crippen LogP contribution in [0.3, 0.4) is 0 Å². The van der Waals surface area contributed by atoms with E-state index in [4.69, 9.17) is 25.2 Å². The predicted octanol–water partition coefficient (Wildman–Crippen LogP) is 7.11. The van der Waals surface area contributed by atoms with E-state index in [9.17, 15) is 18.0 Å². The van der Waals surface area contributed by atoms with Crippen molar-refractivity contribution >= 4 is 12.1 Å². The van der Waals surface area contributed by atoms with Crippen LogP contribution in [0.2, 0.25) is 0 Å². The van der Waals surface area contributed by atoms with Crippen molar-refractivity contribution < 1.29 is 32.6 Å². The molecular weight excluding hydrogens is 573 g/mol. The van der Waals surface area contributed by atoms with Crippen LogP contribution >= 0.6 is 0 Å². The second-order valence-electron chi connectivity index (χ2n) is 12.1. The van der Waals surface area contributed by atoms with Gasteiger partial charge in [-0.15, -0.1) is 0 Å². The highest BCUT2D eigenvalue weighted by atomic mass is 19.4. The van der Waals surface area contributed by atoms with E-state index in [1.54, 1.807) is 0 Å². The van der Waals surface area contributed by atoms with Gasteiger partial charge < -0.3 is 20.1 Å². The van der Waals surface area contributed by atoms with Crippen molar-refractivity contribution in [3.63, 3.8) is 0 Å². The molecule has 2 fully saturated rings. The second kappa shape index (κ2) is 16.1. The molecule has 11 heteroatoms. The monoisotopic (exact) mass is 614 g/mol. The predicted molar refractivity (Wildman–Crippen MR) is 160 cm³/mol. The van der Waals surface area contributed by atoms with Crippen molar-refractivity contribution in [2.45, 2.75) is 96.0 Å². The molecule has 2 saturated heterocycles. The van der Waals surface area contributed by atoms with Gasteiger partial charge in [-0.25, -0.2) is 9.59 Å². The van der Waals surface area contributed by atoms with Crippen LogP contribution in [0.4, 0.5) is 18.0 Å². The van der Waals surface area contributed by atoms with Crippen molar-refractivity contribution in [3.05, 3.63) is 70.8 Å². The number of ether oxygens (including phenoxy) is 1. The Morgan fingerprint density at radius 3 is 1.70 bits per heavy atom. The third-order valence-electron chi connectivity index (χ3n) is 7.39. The first-order valence-electron chi connectivity index (χ1n) is 14.6. The van der Waals surface area contributed by atoms with E-state index in [1.165, 1.54) is 24.0 Å². The minimum Gasteiger partial charge on any atom is -0.475 e. The Morgan fingerprint density at radius 1 is 0.886 bits per heavy atom. The number of amides is 1. The lowest BCUT2D eigenvalue weighted by Crippen LogP contribution is -2.46. The van der Waals surface area contributed by atoms with Crippen LogP contribution in [0.15, 0.2) is 48.5 Å². The van der Waals surface area contributed by atoms with Gasteiger partial charge in [0.25, 0.3) is 0 Å². The number of halogens is 3. The number of hydrogen-bond donors (Lipinski definition) is 2. The fourth-order valence-electron chi connectivity index (χ4n) is 5.16. The van der Waals surface area contributed by atoms with Crippen molar-refractivity contribution in [1.29, 1.82) is 10.5 Å². The molecule has 4 atom stereocenters. The molecule has 8 nitrogen and oxygen atoms in total. The molecule has 2 heterocycles. The zero-order valence-corrected chi connectivity index (χ0v) is 25.8. The lowest BCUT2D eigenvalue weighted by atomic mass is 9.86. The van der Waals surface area contributed by atoms with Crippen molar-refractivity contribution in [2.24, 2.45) is 0 Å². The summed E-state index contributed by atoms with van der Waals surface area (Å²) in [6, 6.07) is 20.9. The van der Waals surface area contributed by atoms with Gasteiger partial charge in [0.15, 0.2) is 0 Å². The van der Waals surface area contributed by atoms with Crippen LogP contribution in [0.5, 0.6) is 0 Å². The maximum Gasteiger partial charge on any atom is 0.490 e. The van der Waals surface area contributed by atoms with Crippen LogP contribution in [0, 0.1) is 22.7 Å². The smallest absolute Gasteiger partial charge is 0.475 e. The molecule has 44 heavy (non-hydrogen) atoms. The number of carbonyl (C=O) groups is 2. The third kappa shape index (κ3) is 11.9. The quantitative estimate of drug-likeness (QED) is 0.369. The van der Waals surface area contributed by atoms with Gasteiger partial charge in [0.1, 0.15) is 5.60 Å². The molecule has 0 radical (unpaired) electrons. The standard InChI is InChI=1S/C18H24N2O2.C13H16N2.C2HF3O2/c1-13-11-16(15-7-5-14(12-19)6-8-15)9-10-20(13)17(21)22-18(2,3)4;1-10-8-13(6-7-15-10)12-4-2-11(9-14)3-5-12;3-2(4,5)1(6)7/h5-8,13,16H,9-11H2,1-4H3;2-5,10,13,15H,6-8H2,1H3;(H,6,7). The fourth-order valence-corrected chi connectivity index (χ4v) is 5.16. The number of benzene rings is 2. The minimum atomic E-state index is -5.08. The number of aliphatic carboxylic acids is 1. The summed E-state index contributed by atoms with van der Waals surface area (Å²) >= 11 is 0. The number of nitrogens with one attached hydrogen (secondary N) is 1. The van der Waals surface area contributed by atoms with Gasteiger partial charge >= 0.3 is 18.2 Å². The maximum absolute atomic E-state index is 12.2. The lowest BCUT2D eigenvalue weighted by Gasteiger charge is -2.38. The van der Waals surface area contributed by atoms with Crippen molar-refractivity contribution in [2.75, 3.05) is 13.1 Å². The van der Waals surface area contributed by atoms with Gasteiger partial charge in [0.2, 0.25) is 0 Å². The molecule has 0 aromatic heterocycles. The molecule has 2 aliphatic heterocycles. The number of alkyl halides is 3. The minimum absolute atomic E-state index is 0.157. The van der Waals surface area contributed by atoms with Crippen LogP contribution < -0.4 is 5.32 Å². The molecular formula is C33H41F3N4O4. The molecule has 2 aliphatic rings. The summed E-state index contributed by atoms with van der Waals surface area (Å²) in [6.07, 6.45) is -1.05. The van der Waals surface area contributed by atoms with Gasteiger partial charge in [0.05, 0.1) is 23.3 Å². The number of carboxylic acids is 1. The largest absolute Gasteiger partial charge is 0.490 e. The first-order chi connectivity index (χ1) is 20.5. The highest BCUT2D eigenvalue weighted by molar-refractivity contribution is 5.73. The Kier molecular flexibility index (Phi) is 13.2. The van der Waals surface area contributed by atoms with Gasteiger partial charge in [-0.2, -0.15) is 23.7 Å². The Bertz CT molecular complexity index is 1310. The molecule has 0 spiro atoms. The number of rotatable bonds is 2. The van der Waals surface area contributed by atoms with E-state index in [2.05, 4.69) is 43.4 Å². The summed E-state index contributed by atoms with van der Waals surface area (Å²) in [5.74, 6) is -1.66. The molecule has 2 N–H and O–H groups in total. The van der Waals surface area contributed by atoms with E-state index in [0.29, 0.717) is 30.0 Å². The number of carboxylic acid groups (broad SMARTS) is 1. The van der Waals surface area contributed by atoms with Crippen molar-refractivity contribution in [3.8, 4) is 12.1 Å². The summed E-state index contributed by atoms with van der Waals surface area (Å²) in [7, 11) is 0. The summed E-state index contributed by atoms with van der Waals surface area (Å²) in [5, 5.41) is 28.2. The third-order valence-corrected chi connectivity index (χ3v) is 7.39. The number of nitriles is 2. The van der Waals surface area contributed by atoms with Crippen LogP contribution in [-0.4, -0.2) is 59.0 Å². The molecule has 0 bridgehead atoms. The van der Waals surface area contributed by atoms with E-state index in [-0.39, 0.29) is 12.1 Å². The second-order valence-corrected chi connectivity index (χ2v) is 12.1. The first kappa shape index (κ1) is 36.1. The summed E-state index contributed by atoms with van der Waals surface area (Å²) in [6.45, 7) is 11.8. The number of piperidine rings is 2. The van der Waals surface area contributed by atoms with Gasteiger partial charge in [-0.1, -0.05) is 24.3 Å². The molecule has 2 aromatic carbocycles. The zero-order chi connectivity index (χ0) is 33.1. The van der Waals surface area contributed by atoms with Gasteiger partial charge in [-0.05, 0) is 114 Å². The Labute approximate surface area is 257 Å². The molecule has 238 valence electrons. The first-order valence-corrected chi connectivity index (χ1v) is 14.6. The fraction of sp³-hybridized carbons (Fsp3) is 0.515. The lowest BCUT2D eigenvalue weighted by molar-refractivity contribution is -0.192. The summed E-state index contributed by atoms with van der Waals surface area (Å²) in [5.41, 5.74) is 3.60. The van der Waals surface area contributed by atoms with Gasteiger partial charge in [-0.3, -0.25) is 0 Å².